The Balaban J connectivity index is 4.22. The third-order valence-corrected chi connectivity index (χ3v) is 1.82. The lowest BCUT2D eigenvalue weighted by Gasteiger charge is -2.12. The fourth-order valence-corrected chi connectivity index (χ4v) is 1.13. The van der Waals surface area contributed by atoms with E-state index in [9.17, 15) is 9.59 Å². The minimum atomic E-state index is -0.723. The van der Waals surface area contributed by atoms with Gasteiger partial charge in [-0.3, -0.25) is 0 Å². The van der Waals surface area contributed by atoms with E-state index >= 15 is 0 Å². The van der Waals surface area contributed by atoms with Gasteiger partial charge in [0, 0.05) is 6.08 Å². The SMILES string of the molecule is CCCC(/C=C\C(=O)OCC)OC(=O)OCC. The van der Waals surface area contributed by atoms with Gasteiger partial charge in [-0.1, -0.05) is 13.3 Å². The first kappa shape index (κ1) is 15.5. The second-order valence-corrected chi connectivity index (χ2v) is 3.24. The Labute approximate surface area is 102 Å². The minimum Gasteiger partial charge on any atom is -0.463 e. The number of carbonyl (C=O) groups excluding carboxylic acids is 2. The van der Waals surface area contributed by atoms with Gasteiger partial charge in [0.05, 0.1) is 13.2 Å². The molecule has 0 bridgehead atoms. The Morgan fingerprint density at radius 3 is 2.29 bits per heavy atom. The summed E-state index contributed by atoms with van der Waals surface area (Å²) in [5.74, 6) is -0.443. The van der Waals surface area contributed by atoms with Gasteiger partial charge in [0.2, 0.25) is 0 Å². The fraction of sp³-hybridized carbons (Fsp3) is 0.667. The number of carbonyl (C=O) groups is 2. The predicted octanol–water partition coefficient (Wildman–Crippen LogP) is 2.45. The van der Waals surface area contributed by atoms with Gasteiger partial charge in [-0.15, -0.1) is 0 Å². The Morgan fingerprint density at radius 1 is 1.12 bits per heavy atom. The molecule has 0 aromatic rings. The molecule has 17 heavy (non-hydrogen) atoms. The van der Waals surface area contributed by atoms with Crippen LogP contribution in [-0.4, -0.2) is 31.4 Å². The first-order valence-corrected chi connectivity index (χ1v) is 5.82. The Hall–Kier alpha value is -1.52. The van der Waals surface area contributed by atoms with Gasteiger partial charge >= 0.3 is 12.1 Å². The summed E-state index contributed by atoms with van der Waals surface area (Å²) in [6.07, 6.45) is 3.07. The molecule has 0 fully saturated rings. The molecular formula is C12H20O5. The molecule has 98 valence electrons. The van der Waals surface area contributed by atoms with Gasteiger partial charge in [0.15, 0.2) is 0 Å². The molecule has 0 aliphatic rings. The molecule has 0 aliphatic heterocycles. The highest BCUT2D eigenvalue weighted by atomic mass is 16.7. The molecule has 0 aromatic heterocycles. The van der Waals surface area contributed by atoms with Crippen molar-refractivity contribution in [1.82, 2.24) is 0 Å². The number of rotatable bonds is 7. The van der Waals surface area contributed by atoms with Crippen molar-refractivity contribution in [2.75, 3.05) is 13.2 Å². The third kappa shape index (κ3) is 8.30. The maximum absolute atomic E-state index is 11.1. The van der Waals surface area contributed by atoms with Gasteiger partial charge in [-0.25, -0.2) is 9.59 Å². The quantitative estimate of drug-likeness (QED) is 0.508. The Bertz CT molecular complexity index is 260. The largest absolute Gasteiger partial charge is 0.508 e. The van der Waals surface area contributed by atoms with E-state index < -0.39 is 18.2 Å². The molecule has 0 aliphatic carbocycles. The average Bonchev–Trinajstić information content (AvgIpc) is 2.27. The number of ether oxygens (including phenoxy) is 3. The van der Waals surface area contributed by atoms with Crippen LogP contribution in [0.4, 0.5) is 4.79 Å². The molecule has 0 aromatic carbocycles. The van der Waals surface area contributed by atoms with Crippen molar-refractivity contribution in [2.24, 2.45) is 0 Å². The molecule has 0 N–H and O–H groups in total. The van der Waals surface area contributed by atoms with Crippen molar-refractivity contribution < 1.29 is 23.8 Å². The van der Waals surface area contributed by atoms with E-state index in [1.54, 1.807) is 13.8 Å². The highest BCUT2D eigenvalue weighted by Crippen LogP contribution is 2.06. The summed E-state index contributed by atoms with van der Waals surface area (Å²) >= 11 is 0. The summed E-state index contributed by atoms with van der Waals surface area (Å²) in [4.78, 5) is 22.2. The molecule has 0 saturated carbocycles. The Kier molecular flexibility index (Phi) is 8.82. The highest BCUT2D eigenvalue weighted by Gasteiger charge is 2.11. The summed E-state index contributed by atoms with van der Waals surface area (Å²) in [7, 11) is 0. The van der Waals surface area contributed by atoms with Crippen LogP contribution in [0.2, 0.25) is 0 Å². The molecule has 0 rings (SSSR count). The molecule has 1 atom stereocenters. The van der Waals surface area contributed by atoms with E-state index in [4.69, 9.17) is 9.47 Å². The highest BCUT2D eigenvalue weighted by molar-refractivity contribution is 5.82. The molecule has 5 heteroatoms. The van der Waals surface area contributed by atoms with E-state index in [0.29, 0.717) is 13.0 Å². The lowest BCUT2D eigenvalue weighted by atomic mass is 10.2. The summed E-state index contributed by atoms with van der Waals surface area (Å²) in [5.41, 5.74) is 0. The zero-order valence-corrected chi connectivity index (χ0v) is 10.6. The van der Waals surface area contributed by atoms with Crippen molar-refractivity contribution in [3.8, 4) is 0 Å². The van der Waals surface area contributed by atoms with Gasteiger partial charge in [0.25, 0.3) is 0 Å². The summed E-state index contributed by atoms with van der Waals surface area (Å²) in [5, 5.41) is 0. The van der Waals surface area contributed by atoms with E-state index in [2.05, 4.69) is 4.74 Å². The zero-order valence-electron chi connectivity index (χ0n) is 10.6. The van der Waals surface area contributed by atoms with Crippen molar-refractivity contribution >= 4 is 12.1 Å². The smallest absolute Gasteiger partial charge is 0.463 e. The van der Waals surface area contributed by atoms with Crippen LogP contribution in [0.3, 0.4) is 0 Å². The van der Waals surface area contributed by atoms with Crippen LogP contribution in [0.15, 0.2) is 12.2 Å². The van der Waals surface area contributed by atoms with Crippen LogP contribution >= 0.6 is 0 Å². The summed E-state index contributed by atoms with van der Waals surface area (Å²) < 4.78 is 14.4. The van der Waals surface area contributed by atoms with Gasteiger partial charge in [0.1, 0.15) is 6.10 Å². The van der Waals surface area contributed by atoms with Gasteiger partial charge < -0.3 is 14.2 Å². The summed E-state index contributed by atoms with van der Waals surface area (Å²) in [6, 6.07) is 0. The zero-order chi connectivity index (χ0) is 13.1. The van der Waals surface area contributed by atoms with Crippen molar-refractivity contribution in [3.63, 3.8) is 0 Å². The predicted molar refractivity (Wildman–Crippen MR) is 62.6 cm³/mol. The normalized spacial score (nSPS) is 12.2. The molecule has 0 radical (unpaired) electrons. The summed E-state index contributed by atoms with van der Waals surface area (Å²) in [6.45, 7) is 5.97. The van der Waals surface area contributed by atoms with Crippen LogP contribution in [0.25, 0.3) is 0 Å². The minimum absolute atomic E-state index is 0.263. The van der Waals surface area contributed by atoms with Crippen LogP contribution < -0.4 is 0 Å². The number of hydrogen-bond acceptors (Lipinski definition) is 5. The lowest BCUT2D eigenvalue weighted by Crippen LogP contribution is -2.17. The van der Waals surface area contributed by atoms with Crippen LogP contribution in [0.5, 0.6) is 0 Å². The van der Waals surface area contributed by atoms with Gasteiger partial charge in [-0.2, -0.15) is 0 Å². The van der Waals surface area contributed by atoms with Crippen molar-refractivity contribution in [2.45, 2.75) is 39.7 Å². The van der Waals surface area contributed by atoms with Gasteiger partial charge in [-0.05, 0) is 26.3 Å². The van der Waals surface area contributed by atoms with E-state index in [0.717, 1.165) is 6.42 Å². The van der Waals surface area contributed by atoms with Crippen LogP contribution in [-0.2, 0) is 19.0 Å². The van der Waals surface area contributed by atoms with E-state index in [1.165, 1.54) is 12.2 Å². The second kappa shape index (κ2) is 9.69. The molecule has 0 amide bonds. The first-order chi connectivity index (χ1) is 8.13. The van der Waals surface area contributed by atoms with Crippen LogP contribution in [0.1, 0.15) is 33.6 Å². The molecular weight excluding hydrogens is 224 g/mol. The standard InChI is InChI=1S/C12H20O5/c1-4-7-10(17-12(14)16-6-3)8-9-11(13)15-5-2/h8-10H,4-7H2,1-3H3/b9-8-. The third-order valence-electron chi connectivity index (χ3n) is 1.82. The monoisotopic (exact) mass is 244 g/mol. The van der Waals surface area contributed by atoms with Crippen molar-refractivity contribution in [3.05, 3.63) is 12.2 Å². The molecule has 0 heterocycles. The van der Waals surface area contributed by atoms with E-state index in [1.807, 2.05) is 6.92 Å². The topological polar surface area (TPSA) is 61.8 Å². The maximum atomic E-state index is 11.1. The Morgan fingerprint density at radius 2 is 1.76 bits per heavy atom. The maximum Gasteiger partial charge on any atom is 0.508 e. The molecule has 5 nitrogen and oxygen atoms in total. The molecule has 0 saturated heterocycles. The van der Waals surface area contributed by atoms with Crippen molar-refractivity contribution in [1.29, 1.82) is 0 Å². The fourth-order valence-electron chi connectivity index (χ4n) is 1.13. The number of esters is 1. The number of hydrogen-bond donors (Lipinski definition) is 0. The average molecular weight is 244 g/mol. The van der Waals surface area contributed by atoms with E-state index in [-0.39, 0.29) is 6.61 Å². The molecule has 1 unspecified atom stereocenters. The first-order valence-electron chi connectivity index (χ1n) is 5.82. The second-order valence-electron chi connectivity index (χ2n) is 3.24. The lowest BCUT2D eigenvalue weighted by molar-refractivity contribution is -0.137. The van der Waals surface area contributed by atoms with Crippen LogP contribution in [0, 0.1) is 0 Å². The molecule has 0 spiro atoms.